The number of thiocarbonyl (C=S) groups is 1. The maximum atomic E-state index is 5.52. The lowest BCUT2D eigenvalue weighted by Crippen LogP contribution is -2.52. The van der Waals surface area contributed by atoms with E-state index in [-0.39, 0.29) is 5.54 Å². The van der Waals surface area contributed by atoms with Crippen LogP contribution in [0, 0.1) is 17.3 Å². The molecule has 2 bridgehead atoms. The highest BCUT2D eigenvalue weighted by molar-refractivity contribution is 7.80. The van der Waals surface area contributed by atoms with Gasteiger partial charge in [-0.05, 0) is 69.0 Å². The second-order valence-corrected chi connectivity index (χ2v) is 8.91. The Morgan fingerprint density at radius 2 is 1.79 bits per heavy atom. The zero-order valence-corrected chi connectivity index (χ0v) is 14.0. The van der Waals surface area contributed by atoms with Crippen molar-refractivity contribution in [2.45, 2.75) is 78.3 Å². The number of hydrogen-bond donors (Lipinski definition) is 2. The average molecular weight is 282 g/mol. The highest BCUT2D eigenvalue weighted by Crippen LogP contribution is 2.44. The summed E-state index contributed by atoms with van der Waals surface area (Å²) in [5.74, 6) is 1.84. The minimum atomic E-state index is 0.0555. The van der Waals surface area contributed by atoms with Crippen molar-refractivity contribution >= 4 is 17.3 Å². The minimum absolute atomic E-state index is 0.0555. The lowest BCUT2D eigenvalue weighted by Gasteiger charge is -2.35. The molecule has 2 fully saturated rings. The van der Waals surface area contributed by atoms with Crippen LogP contribution >= 0.6 is 12.2 Å². The van der Waals surface area contributed by atoms with Gasteiger partial charge in [0.2, 0.25) is 0 Å². The zero-order chi connectivity index (χ0) is 14.3. The molecule has 0 aromatic carbocycles. The Hall–Kier alpha value is -0.310. The van der Waals surface area contributed by atoms with Gasteiger partial charge in [-0.1, -0.05) is 27.2 Å². The maximum absolute atomic E-state index is 5.52. The van der Waals surface area contributed by atoms with Crippen molar-refractivity contribution in [3.8, 4) is 0 Å². The Balaban J connectivity index is 1.81. The summed E-state index contributed by atoms with van der Waals surface area (Å²) in [6.45, 7) is 11.3. The maximum Gasteiger partial charge on any atom is 0.166 e. The fourth-order valence-electron chi connectivity index (χ4n) is 4.30. The van der Waals surface area contributed by atoms with Crippen LogP contribution < -0.4 is 10.6 Å². The standard InChI is InChI=1S/C16H30N2S/c1-15(2,3)10-16(4,5)18-14(19)17-13-9-11-6-7-12(13)8-11/h11-13H,6-10H2,1-5H3,(H2,17,18,19)/t11-,12-,13+/m0/s1. The second kappa shape index (κ2) is 5.23. The van der Waals surface area contributed by atoms with Crippen LogP contribution in [0.25, 0.3) is 0 Å². The van der Waals surface area contributed by atoms with Crippen LogP contribution in [0.2, 0.25) is 0 Å². The molecule has 0 amide bonds. The third-order valence-electron chi connectivity index (χ3n) is 4.48. The highest BCUT2D eigenvalue weighted by Gasteiger charge is 2.40. The summed E-state index contributed by atoms with van der Waals surface area (Å²) >= 11 is 5.52. The lowest BCUT2D eigenvalue weighted by molar-refractivity contribution is 0.265. The largest absolute Gasteiger partial charge is 0.360 e. The van der Waals surface area contributed by atoms with Gasteiger partial charge in [0.1, 0.15) is 0 Å². The SMILES string of the molecule is CC(C)(C)CC(C)(C)NC(=S)N[C@@H]1C[C@H]2CC[C@H]1C2. The molecule has 0 radical (unpaired) electrons. The molecular weight excluding hydrogens is 252 g/mol. The van der Waals surface area contributed by atoms with E-state index in [2.05, 4.69) is 45.3 Å². The molecular formula is C16H30N2S. The van der Waals surface area contributed by atoms with Gasteiger partial charge in [-0.25, -0.2) is 0 Å². The van der Waals surface area contributed by atoms with Crippen LogP contribution in [0.5, 0.6) is 0 Å². The fraction of sp³-hybridized carbons (Fsp3) is 0.938. The van der Waals surface area contributed by atoms with Gasteiger partial charge in [0.15, 0.2) is 5.11 Å². The summed E-state index contributed by atoms with van der Waals surface area (Å²) in [6.07, 6.45) is 6.70. The van der Waals surface area contributed by atoms with Gasteiger partial charge < -0.3 is 10.6 Å². The van der Waals surface area contributed by atoms with Crippen LogP contribution in [0.1, 0.15) is 66.7 Å². The first kappa shape index (κ1) is 15.1. The number of hydrogen-bond acceptors (Lipinski definition) is 1. The fourth-order valence-corrected chi connectivity index (χ4v) is 4.73. The molecule has 2 N–H and O–H groups in total. The first-order valence-electron chi connectivity index (χ1n) is 7.73. The number of nitrogens with one attached hydrogen (secondary N) is 2. The summed E-state index contributed by atoms with van der Waals surface area (Å²) in [6, 6.07) is 0.629. The summed E-state index contributed by atoms with van der Waals surface area (Å²) in [5.41, 5.74) is 0.374. The van der Waals surface area contributed by atoms with E-state index in [4.69, 9.17) is 12.2 Å². The van der Waals surface area contributed by atoms with Gasteiger partial charge in [-0.2, -0.15) is 0 Å². The molecule has 110 valence electrons. The molecule has 2 aliphatic carbocycles. The molecule has 0 spiro atoms. The molecule has 0 aromatic rings. The molecule has 0 unspecified atom stereocenters. The minimum Gasteiger partial charge on any atom is -0.360 e. The molecule has 0 heterocycles. The van der Waals surface area contributed by atoms with Gasteiger partial charge in [0.25, 0.3) is 0 Å². The lowest BCUT2D eigenvalue weighted by atomic mass is 9.82. The second-order valence-electron chi connectivity index (χ2n) is 8.50. The van der Waals surface area contributed by atoms with Crippen LogP contribution in [-0.4, -0.2) is 16.7 Å². The summed E-state index contributed by atoms with van der Waals surface area (Å²) in [7, 11) is 0. The molecule has 0 aliphatic heterocycles. The van der Waals surface area contributed by atoms with Crippen molar-refractivity contribution < 1.29 is 0 Å². The molecule has 2 rings (SSSR count). The van der Waals surface area contributed by atoms with Gasteiger partial charge >= 0.3 is 0 Å². The van der Waals surface area contributed by atoms with E-state index in [1.165, 1.54) is 25.7 Å². The molecule has 2 saturated carbocycles. The molecule has 0 saturated heterocycles. The average Bonchev–Trinajstić information content (AvgIpc) is 2.72. The third-order valence-corrected chi connectivity index (χ3v) is 4.70. The van der Waals surface area contributed by atoms with E-state index in [0.29, 0.717) is 11.5 Å². The monoisotopic (exact) mass is 282 g/mol. The highest BCUT2D eigenvalue weighted by atomic mass is 32.1. The van der Waals surface area contributed by atoms with Crippen molar-refractivity contribution in [1.82, 2.24) is 10.6 Å². The summed E-state index contributed by atoms with van der Waals surface area (Å²) in [5, 5.41) is 7.95. The quantitative estimate of drug-likeness (QED) is 0.769. The van der Waals surface area contributed by atoms with Gasteiger partial charge in [0.05, 0.1) is 0 Å². The van der Waals surface area contributed by atoms with Crippen molar-refractivity contribution in [3.05, 3.63) is 0 Å². The smallest absolute Gasteiger partial charge is 0.166 e. The predicted octanol–water partition coefficient (Wildman–Crippen LogP) is 3.85. The number of rotatable bonds is 3. The van der Waals surface area contributed by atoms with E-state index in [0.717, 1.165) is 23.4 Å². The first-order valence-corrected chi connectivity index (χ1v) is 8.14. The molecule has 0 aromatic heterocycles. The van der Waals surface area contributed by atoms with E-state index in [1.54, 1.807) is 0 Å². The van der Waals surface area contributed by atoms with Gasteiger partial charge in [0, 0.05) is 11.6 Å². The summed E-state index contributed by atoms with van der Waals surface area (Å²) in [4.78, 5) is 0. The van der Waals surface area contributed by atoms with Crippen molar-refractivity contribution in [2.75, 3.05) is 0 Å². The van der Waals surface area contributed by atoms with Gasteiger partial charge in [-0.3, -0.25) is 0 Å². The Morgan fingerprint density at radius 1 is 1.11 bits per heavy atom. The first-order chi connectivity index (χ1) is 8.65. The zero-order valence-electron chi connectivity index (χ0n) is 13.2. The topological polar surface area (TPSA) is 24.1 Å². The Morgan fingerprint density at radius 3 is 2.26 bits per heavy atom. The molecule has 3 atom stereocenters. The Kier molecular flexibility index (Phi) is 4.15. The molecule has 2 aliphatic rings. The van der Waals surface area contributed by atoms with Crippen LogP contribution in [0.4, 0.5) is 0 Å². The normalized spacial score (nSPS) is 30.5. The van der Waals surface area contributed by atoms with Gasteiger partial charge in [-0.15, -0.1) is 0 Å². The van der Waals surface area contributed by atoms with E-state index < -0.39 is 0 Å². The van der Waals surface area contributed by atoms with Crippen molar-refractivity contribution in [3.63, 3.8) is 0 Å². The Bertz CT molecular complexity index is 343. The van der Waals surface area contributed by atoms with E-state index >= 15 is 0 Å². The van der Waals surface area contributed by atoms with Crippen molar-refractivity contribution in [1.29, 1.82) is 0 Å². The van der Waals surface area contributed by atoms with Crippen LogP contribution in [0.15, 0.2) is 0 Å². The molecule has 2 nitrogen and oxygen atoms in total. The predicted molar refractivity (Wildman–Crippen MR) is 86.3 cm³/mol. The molecule has 3 heteroatoms. The van der Waals surface area contributed by atoms with E-state index in [9.17, 15) is 0 Å². The number of fused-ring (bicyclic) bond motifs is 2. The van der Waals surface area contributed by atoms with E-state index in [1.807, 2.05) is 0 Å². The summed E-state index contributed by atoms with van der Waals surface area (Å²) < 4.78 is 0. The Labute approximate surface area is 124 Å². The molecule has 19 heavy (non-hydrogen) atoms. The van der Waals surface area contributed by atoms with Crippen LogP contribution in [0.3, 0.4) is 0 Å². The van der Waals surface area contributed by atoms with Crippen molar-refractivity contribution in [2.24, 2.45) is 17.3 Å². The third kappa shape index (κ3) is 4.34. The van der Waals surface area contributed by atoms with Crippen LogP contribution in [-0.2, 0) is 0 Å².